The molecular weight excluding hydrogens is 268 g/mol. The Balaban J connectivity index is 1.72. The van der Waals surface area contributed by atoms with Gasteiger partial charge in [-0.1, -0.05) is 0 Å². The smallest absolute Gasteiger partial charge is 0.224 e. The van der Waals surface area contributed by atoms with Gasteiger partial charge in [0.25, 0.3) is 0 Å². The Labute approximate surface area is 124 Å². The summed E-state index contributed by atoms with van der Waals surface area (Å²) in [6.45, 7) is 3.12. The lowest BCUT2D eigenvalue weighted by atomic mass is 10.1. The van der Waals surface area contributed by atoms with Crippen LogP contribution < -0.4 is 4.90 Å². The predicted molar refractivity (Wildman–Crippen MR) is 78.9 cm³/mol. The minimum absolute atomic E-state index is 0.203. The quantitative estimate of drug-likeness (QED) is 0.899. The Bertz CT molecular complexity index is 553. The highest BCUT2D eigenvalue weighted by molar-refractivity contribution is 5.26. The third kappa shape index (κ3) is 3.20. The van der Waals surface area contributed by atoms with Gasteiger partial charge in [-0.2, -0.15) is 5.10 Å². The van der Waals surface area contributed by atoms with E-state index in [1.807, 2.05) is 37.5 Å². The maximum absolute atomic E-state index is 5.60. The van der Waals surface area contributed by atoms with Crippen LogP contribution in [0.2, 0.25) is 0 Å². The van der Waals surface area contributed by atoms with E-state index < -0.39 is 0 Å². The van der Waals surface area contributed by atoms with Gasteiger partial charge in [-0.3, -0.25) is 10.00 Å². The van der Waals surface area contributed by atoms with Crippen LogP contribution in [0.5, 0.6) is 0 Å². The number of hydrogen-bond acceptors (Lipinski definition) is 6. The molecule has 1 N–H and O–H groups in total. The van der Waals surface area contributed by atoms with Crippen molar-refractivity contribution in [3.05, 3.63) is 35.9 Å². The van der Waals surface area contributed by atoms with E-state index in [1.165, 1.54) is 0 Å². The molecule has 1 fully saturated rings. The summed E-state index contributed by atoms with van der Waals surface area (Å²) < 4.78 is 5.60. The van der Waals surface area contributed by atoms with E-state index in [0.717, 1.165) is 36.9 Å². The first kappa shape index (κ1) is 14.0. The standard InChI is InChI=1S/C14H20N6O/c1-19(2)14-15-7-11(8-16-14)9-20-5-6-21-10-13(20)12-3-4-17-18-12/h3-4,7-8,13H,5-6,9-10H2,1-2H3,(H,17,18)/t13-/m0/s1. The van der Waals surface area contributed by atoms with Crippen LogP contribution in [-0.4, -0.2) is 58.9 Å². The molecule has 3 rings (SSSR count). The van der Waals surface area contributed by atoms with Gasteiger partial charge in [0, 0.05) is 51.3 Å². The molecule has 21 heavy (non-hydrogen) atoms. The molecule has 0 saturated carbocycles. The zero-order valence-electron chi connectivity index (χ0n) is 12.4. The van der Waals surface area contributed by atoms with Crippen LogP contribution in [0.3, 0.4) is 0 Å². The van der Waals surface area contributed by atoms with Gasteiger partial charge in [-0.15, -0.1) is 0 Å². The fourth-order valence-corrected chi connectivity index (χ4v) is 2.46. The lowest BCUT2D eigenvalue weighted by molar-refractivity contribution is -0.0143. The third-order valence-electron chi connectivity index (χ3n) is 3.60. The zero-order chi connectivity index (χ0) is 14.7. The number of H-pyrrole nitrogens is 1. The number of morpholine rings is 1. The zero-order valence-corrected chi connectivity index (χ0v) is 12.4. The number of aromatic amines is 1. The molecule has 0 radical (unpaired) electrons. The van der Waals surface area contributed by atoms with Gasteiger partial charge in [0.1, 0.15) is 0 Å². The van der Waals surface area contributed by atoms with E-state index in [4.69, 9.17) is 4.74 Å². The average molecular weight is 288 g/mol. The topological polar surface area (TPSA) is 70.2 Å². The van der Waals surface area contributed by atoms with Gasteiger partial charge in [-0.25, -0.2) is 9.97 Å². The van der Waals surface area contributed by atoms with Gasteiger partial charge in [0.05, 0.1) is 24.9 Å². The predicted octanol–water partition coefficient (Wildman–Crippen LogP) is 0.839. The first-order chi connectivity index (χ1) is 10.2. The summed E-state index contributed by atoms with van der Waals surface area (Å²) in [5.74, 6) is 0.728. The Hall–Kier alpha value is -1.99. The second kappa shape index (κ2) is 6.19. The van der Waals surface area contributed by atoms with Crippen molar-refractivity contribution in [2.45, 2.75) is 12.6 Å². The van der Waals surface area contributed by atoms with Crippen molar-refractivity contribution >= 4 is 5.95 Å². The van der Waals surface area contributed by atoms with Crippen molar-refractivity contribution in [1.82, 2.24) is 25.1 Å². The van der Waals surface area contributed by atoms with Crippen LogP contribution >= 0.6 is 0 Å². The first-order valence-electron chi connectivity index (χ1n) is 7.03. The molecule has 7 heteroatoms. The third-order valence-corrected chi connectivity index (χ3v) is 3.60. The minimum Gasteiger partial charge on any atom is -0.378 e. The Morgan fingerprint density at radius 3 is 2.86 bits per heavy atom. The summed E-state index contributed by atoms with van der Waals surface area (Å²) in [5.41, 5.74) is 2.19. The van der Waals surface area contributed by atoms with Crippen LogP contribution in [0.4, 0.5) is 5.95 Å². The lowest BCUT2D eigenvalue weighted by Crippen LogP contribution is -2.39. The van der Waals surface area contributed by atoms with Crippen LogP contribution in [0.25, 0.3) is 0 Å². The summed E-state index contributed by atoms with van der Waals surface area (Å²) in [7, 11) is 3.87. The second-order valence-corrected chi connectivity index (χ2v) is 5.36. The van der Waals surface area contributed by atoms with Crippen molar-refractivity contribution in [3.8, 4) is 0 Å². The van der Waals surface area contributed by atoms with Crippen molar-refractivity contribution in [2.75, 3.05) is 38.8 Å². The molecule has 0 aromatic carbocycles. The van der Waals surface area contributed by atoms with Gasteiger partial charge < -0.3 is 9.64 Å². The van der Waals surface area contributed by atoms with E-state index >= 15 is 0 Å². The first-order valence-corrected chi connectivity index (χ1v) is 7.03. The van der Waals surface area contributed by atoms with Crippen molar-refractivity contribution in [2.24, 2.45) is 0 Å². The molecule has 3 heterocycles. The van der Waals surface area contributed by atoms with E-state index in [1.54, 1.807) is 6.20 Å². The molecule has 0 unspecified atom stereocenters. The maximum atomic E-state index is 5.60. The molecule has 0 spiro atoms. The van der Waals surface area contributed by atoms with Crippen LogP contribution in [0.1, 0.15) is 17.3 Å². The molecule has 0 amide bonds. The molecule has 1 aliphatic heterocycles. The van der Waals surface area contributed by atoms with E-state index in [0.29, 0.717) is 6.61 Å². The summed E-state index contributed by atoms with van der Waals surface area (Å²) in [5, 5.41) is 7.07. The summed E-state index contributed by atoms with van der Waals surface area (Å²) in [4.78, 5) is 13.0. The van der Waals surface area contributed by atoms with E-state index in [9.17, 15) is 0 Å². The Kier molecular flexibility index (Phi) is 4.12. The van der Waals surface area contributed by atoms with E-state index in [-0.39, 0.29) is 6.04 Å². The number of hydrogen-bond donors (Lipinski definition) is 1. The number of ether oxygens (including phenoxy) is 1. The molecule has 112 valence electrons. The molecule has 1 aliphatic rings. The largest absolute Gasteiger partial charge is 0.378 e. The van der Waals surface area contributed by atoms with Gasteiger partial charge >= 0.3 is 0 Å². The average Bonchev–Trinajstić information content (AvgIpc) is 3.02. The number of nitrogens with zero attached hydrogens (tertiary/aromatic N) is 5. The maximum Gasteiger partial charge on any atom is 0.224 e. The number of anilines is 1. The lowest BCUT2D eigenvalue weighted by Gasteiger charge is -2.34. The highest BCUT2D eigenvalue weighted by Crippen LogP contribution is 2.24. The molecule has 7 nitrogen and oxygen atoms in total. The van der Waals surface area contributed by atoms with Gasteiger partial charge in [0.2, 0.25) is 5.95 Å². The van der Waals surface area contributed by atoms with E-state index in [2.05, 4.69) is 25.1 Å². The van der Waals surface area contributed by atoms with Crippen molar-refractivity contribution < 1.29 is 4.74 Å². The monoisotopic (exact) mass is 288 g/mol. The summed E-state index contributed by atoms with van der Waals surface area (Å²) in [6.07, 6.45) is 5.56. The highest BCUT2D eigenvalue weighted by Gasteiger charge is 2.25. The molecule has 0 aliphatic carbocycles. The van der Waals surface area contributed by atoms with Crippen LogP contribution in [-0.2, 0) is 11.3 Å². The highest BCUT2D eigenvalue weighted by atomic mass is 16.5. The molecule has 1 atom stereocenters. The number of aromatic nitrogens is 4. The molecule has 2 aromatic heterocycles. The van der Waals surface area contributed by atoms with Crippen LogP contribution in [0.15, 0.2) is 24.7 Å². The Morgan fingerprint density at radius 2 is 2.19 bits per heavy atom. The number of nitrogens with one attached hydrogen (secondary N) is 1. The van der Waals surface area contributed by atoms with Gasteiger partial charge in [-0.05, 0) is 6.07 Å². The van der Waals surface area contributed by atoms with Gasteiger partial charge in [0.15, 0.2) is 0 Å². The Morgan fingerprint density at radius 1 is 1.38 bits per heavy atom. The summed E-state index contributed by atoms with van der Waals surface area (Å²) >= 11 is 0. The van der Waals surface area contributed by atoms with Crippen molar-refractivity contribution in [1.29, 1.82) is 0 Å². The van der Waals surface area contributed by atoms with Crippen LogP contribution in [0, 0.1) is 0 Å². The fraction of sp³-hybridized carbons (Fsp3) is 0.500. The second-order valence-electron chi connectivity index (χ2n) is 5.36. The molecule has 2 aromatic rings. The molecule has 1 saturated heterocycles. The van der Waals surface area contributed by atoms with Crippen molar-refractivity contribution in [3.63, 3.8) is 0 Å². The fourth-order valence-electron chi connectivity index (χ4n) is 2.46. The number of rotatable bonds is 4. The summed E-state index contributed by atoms with van der Waals surface area (Å²) in [6, 6.07) is 2.20. The SMILES string of the molecule is CN(C)c1ncc(CN2CCOC[C@H]2c2ccn[nH]2)cn1. The minimum atomic E-state index is 0.203. The molecule has 0 bridgehead atoms. The molecular formula is C14H20N6O. The normalized spacial score (nSPS) is 19.6.